The molecule has 0 aromatic heterocycles. The minimum Gasteiger partial charge on any atom is -0.398 e. The lowest BCUT2D eigenvalue weighted by molar-refractivity contribution is 0.122. The molecule has 0 atom stereocenters. The first-order chi connectivity index (χ1) is 6.24. The molecule has 0 aliphatic carbocycles. The second kappa shape index (κ2) is 4.87. The van der Waals surface area contributed by atoms with Crippen molar-refractivity contribution in [2.75, 3.05) is 12.3 Å². The molecule has 2 nitrogen and oxygen atoms in total. The maximum atomic E-state index is 5.82. The van der Waals surface area contributed by atoms with Crippen LogP contribution in [0.15, 0.2) is 18.2 Å². The van der Waals surface area contributed by atoms with Crippen LogP contribution in [0.5, 0.6) is 0 Å². The SMILES string of the molecule is CCCOCc1ccc(C)cc1N. The van der Waals surface area contributed by atoms with E-state index in [-0.39, 0.29) is 0 Å². The summed E-state index contributed by atoms with van der Waals surface area (Å²) in [4.78, 5) is 0. The van der Waals surface area contributed by atoms with Gasteiger partial charge in [0.2, 0.25) is 0 Å². The molecule has 2 heteroatoms. The van der Waals surface area contributed by atoms with E-state index in [1.807, 2.05) is 19.1 Å². The summed E-state index contributed by atoms with van der Waals surface area (Å²) in [6.07, 6.45) is 1.05. The number of ether oxygens (including phenoxy) is 1. The second-order valence-corrected chi connectivity index (χ2v) is 3.25. The largest absolute Gasteiger partial charge is 0.398 e. The number of nitrogen functional groups attached to an aromatic ring is 1. The average molecular weight is 179 g/mol. The Morgan fingerprint density at radius 2 is 2.15 bits per heavy atom. The van der Waals surface area contributed by atoms with E-state index in [0.29, 0.717) is 6.61 Å². The number of hydrogen-bond acceptors (Lipinski definition) is 2. The van der Waals surface area contributed by atoms with Gasteiger partial charge in [-0.15, -0.1) is 0 Å². The molecule has 1 aromatic rings. The Balaban J connectivity index is 2.56. The summed E-state index contributed by atoms with van der Waals surface area (Å²) in [5.41, 5.74) is 8.93. The summed E-state index contributed by atoms with van der Waals surface area (Å²) < 4.78 is 5.41. The summed E-state index contributed by atoms with van der Waals surface area (Å²) in [5, 5.41) is 0. The highest BCUT2D eigenvalue weighted by molar-refractivity contribution is 5.48. The van der Waals surface area contributed by atoms with Crippen LogP contribution in [0.3, 0.4) is 0 Å². The molecule has 0 spiro atoms. The summed E-state index contributed by atoms with van der Waals surface area (Å²) in [6.45, 7) is 5.55. The van der Waals surface area contributed by atoms with Crippen molar-refractivity contribution < 1.29 is 4.74 Å². The van der Waals surface area contributed by atoms with Crippen LogP contribution >= 0.6 is 0 Å². The lowest BCUT2D eigenvalue weighted by Gasteiger charge is -2.06. The zero-order chi connectivity index (χ0) is 9.68. The van der Waals surface area contributed by atoms with Gasteiger partial charge in [0.15, 0.2) is 0 Å². The van der Waals surface area contributed by atoms with E-state index < -0.39 is 0 Å². The molecule has 1 aromatic carbocycles. The van der Waals surface area contributed by atoms with Gasteiger partial charge in [-0.3, -0.25) is 0 Å². The maximum absolute atomic E-state index is 5.82. The van der Waals surface area contributed by atoms with E-state index in [1.54, 1.807) is 0 Å². The number of benzene rings is 1. The Hall–Kier alpha value is -1.02. The summed E-state index contributed by atoms with van der Waals surface area (Å²) in [6, 6.07) is 6.06. The van der Waals surface area contributed by atoms with Crippen molar-refractivity contribution in [2.24, 2.45) is 0 Å². The summed E-state index contributed by atoms with van der Waals surface area (Å²) >= 11 is 0. The molecule has 0 fully saturated rings. The molecular weight excluding hydrogens is 162 g/mol. The van der Waals surface area contributed by atoms with Crippen molar-refractivity contribution >= 4 is 5.69 Å². The number of rotatable bonds is 4. The van der Waals surface area contributed by atoms with Crippen molar-refractivity contribution in [3.8, 4) is 0 Å². The van der Waals surface area contributed by atoms with Gasteiger partial charge in [0.1, 0.15) is 0 Å². The zero-order valence-corrected chi connectivity index (χ0v) is 8.34. The van der Waals surface area contributed by atoms with Crippen molar-refractivity contribution in [1.82, 2.24) is 0 Å². The van der Waals surface area contributed by atoms with Crippen LogP contribution in [0.2, 0.25) is 0 Å². The molecule has 0 aliphatic rings. The van der Waals surface area contributed by atoms with E-state index in [2.05, 4.69) is 13.0 Å². The van der Waals surface area contributed by atoms with Crippen LogP contribution in [0, 0.1) is 6.92 Å². The van der Waals surface area contributed by atoms with Gasteiger partial charge in [-0.2, -0.15) is 0 Å². The molecule has 72 valence electrons. The fourth-order valence-electron chi connectivity index (χ4n) is 1.17. The highest BCUT2D eigenvalue weighted by Crippen LogP contribution is 2.14. The van der Waals surface area contributed by atoms with Crippen LogP contribution in [-0.2, 0) is 11.3 Å². The summed E-state index contributed by atoms with van der Waals surface area (Å²) in [5.74, 6) is 0. The van der Waals surface area contributed by atoms with Crippen LogP contribution in [0.1, 0.15) is 24.5 Å². The Kier molecular flexibility index (Phi) is 3.77. The first-order valence-corrected chi connectivity index (χ1v) is 4.66. The predicted octanol–water partition coefficient (Wildman–Crippen LogP) is 2.50. The van der Waals surface area contributed by atoms with E-state index in [9.17, 15) is 0 Å². The molecule has 0 radical (unpaired) electrons. The minimum absolute atomic E-state index is 0.625. The van der Waals surface area contributed by atoms with Crippen LogP contribution in [-0.4, -0.2) is 6.61 Å². The molecule has 0 saturated heterocycles. The third-order valence-corrected chi connectivity index (χ3v) is 1.91. The first-order valence-electron chi connectivity index (χ1n) is 4.66. The quantitative estimate of drug-likeness (QED) is 0.569. The van der Waals surface area contributed by atoms with E-state index in [4.69, 9.17) is 10.5 Å². The van der Waals surface area contributed by atoms with Crippen molar-refractivity contribution in [1.29, 1.82) is 0 Å². The van der Waals surface area contributed by atoms with Gasteiger partial charge in [0.05, 0.1) is 6.61 Å². The minimum atomic E-state index is 0.625. The zero-order valence-electron chi connectivity index (χ0n) is 8.34. The number of nitrogens with two attached hydrogens (primary N) is 1. The van der Waals surface area contributed by atoms with Crippen molar-refractivity contribution in [2.45, 2.75) is 26.9 Å². The maximum Gasteiger partial charge on any atom is 0.0736 e. The molecular formula is C11H17NO. The first kappa shape index (κ1) is 10.1. The molecule has 0 heterocycles. The summed E-state index contributed by atoms with van der Waals surface area (Å²) in [7, 11) is 0. The molecule has 0 unspecified atom stereocenters. The Morgan fingerprint density at radius 1 is 1.38 bits per heavy atom. The Bertz CT molecular complexity index is 271. The normalized spacial score (nSPS) is 10.3. The fourth-order valence-corrected chi connectivity index (χ4v) is 1.17. The number of hydrogen-bond donors (Lipinski definition) is 1. The molecule has 1 rings (SSSR count). The highest BCUT2D eigenvalue weighted by atomic mass is 16.5. The van der Waals surface area contributed by atoms with Gasteiger partial charge >= 0.3 is 0 Å². The second-order valence-electron chi connectivity index (χ2n) is 3.25. The van der Waals surface area contributed by atoms with E-state index >= 15 is 0 Å². The van der Waals surface area contributed by atoms with Gasteiger partial charge in [0, 0.05) is 17.9 Å². The standard InChI is InChI=1S/C11H17NO/c1-3-6-13-8-10-5-4-9(2)7-11(10)12/h4-5,7H,3,6,8,12H2,1-2H3. The molecule has 0 amide bonds. The van der Waals surface area contributed by atoms with Crippen LogP contribution in [0.4, 0.5) is 5.69 Å². The monoisotopic (exact) mass is 179 g/mol. The predicted molar refractivity (Wildman–Crippen MR) is 55.5 cm³/mol. The third-order valence-electron chi connectivity index (χ3n) is 1.91. The number of anilines is 1. The molecule has 2 N–H and O–H groups in total. The third kappa shape index (κ3) is 3.07. The van der Waals surface area contributed by atoms with Crippen molar-refractivity contribution in [3.63, 3.8) is 0 Å². The fraction of sp³-hybridized carbons (Fsp3) is 0.455. The number of aryl methyl sites for hydroxylation is 1. The molecule has 0 aliphatic heterocycles. The van der Waals surface area contributed by atoms with Gasteiger partial charge in [-0.05, 0) is 25.0 Å². The molecule has 13 heavy (non-hydrogen) atoms. The molecule has 0 bridgehead atoms. The van der Waals surface area contributed by atoms with Gasteiger partial charge < -0.3 is 10.5 Å². The van der Waals surface area contributed by atoms with Crippen molar-refractivity contribution in [3.05, 3.63) is 29.3 Å². The van der Waals surface area contributed by atoms with Crippen LogP contribution < -0.4 is 5.73 Å². The average Bonchev–Trinajstić information content (AvgIpc) is 2.09. The van der Waals surface area contributed by atoms with E-state index in [0.717, 1.165) is 24.3 Å². The topological polar surface area (TPSA) is 35.2 Å². The smallest absolute Gasteiger partial charge is 0.0736 e. The lowest BCUT2D eigenvalue weighted by Crippen LogP contribution is -1.99. The lowest BCUT2D eigenvalue weighted by atomic mass is 10.1. The van der Waals surface area contributed by atoms with Gasteiger partial charge in [-0.25, -0.2) is 0 Å². The van der Waals surface area contributed by atoms with Crippen LogP contribution in [0.25, 0.3) is 0 Å². The highest BCUT2D eigenvalue weighted by Gasteiger charge is 1.98. The van der Waals surface area contributed by atoms with E-state index in [1.165, 1.54) is 5.56 Å². The Labute approximate surface area is 79.7 Å². The van der Waals surface area contributed by atoms with Gasteiger partial charge in [-0.1, -0.05) is 19.1 Å². The molecule has 0 saturated carbocycles. The Morgan fingerprint density at radius 3 is 2.77 bits per heavy atom. The van der Waals surface area contributed by atoms with Gasteiger partial charge in [0.25, 0.3) is 0 Å².